The first kappa shape index (κ1) is 21.0. The average Bonchev–Trinajstić information content (AvgIpc) is 2.64. The van der Waals surface area contributed by atoms with Gasteiger partial charge in [0.15, 0.2) is 11.5 Å². The molecule has 2 heterocycles. The van der Waals surface area contributed by atoms with E-state index in [-0.39, 0.29) is 45.3 Å². The highest BCUT2D eigenvalue weighted by Gasteiger charge is 2.27. The summed E-state index contributed by atoms with van der Waals surface area (Å²) in [6, 6.07) is 3.05. The fourth-order valence-corrected chi connectivity index (χ4v) is 3.40. The van der Waals surface area contributed by atoms with Crippen molar-refractivity contribution in [3.8, 4) is 11.6 Å². The zero-order valence-electron chi connectivity index (χ0n) is 16.2. The Bertz CT molecular complexity index is 1120. The van der Waals surface area contributed by atoms with Crippen molar-refractivity contribution in [2.24, 2.45) is 12.1 Å². The SMILES string of the molecule is Cc1c(C2=NNC(=O)CC2=O)cc(Cl)c(Oc2cc(C(C)C)c(=O)n(C)n2)c1Cl. The Morgan fingerprint density at radius 3 is 2.52 bits per heavy atom. The molecule has 0 atom stereocenters. The average molecular weight is 437 g/mol. The van der Waals surface area contributed by atoms with Crippen LogP contribution >= 0.6 is 23.2 Å². The molecule has 0 saturated heterocycles. The number of hydrogen-bond donors (Lipinski definition) is 1. The van der Waals surface area contributed by atoms with Gasteiger partial charge in [-0.05, 0) is 24.5 Å². The van der Waals surface area contributed by atoms with Gasteiger partial charge in [0.25, 0.3) is 5.56 Å². The third kappa shape index (κ3) is 4.04. The summed E-state index contributed by atoms with van der Waals surface area (Å²) < 4.78 is 6.99. The molecule has 10 heteroatoms. The van der Waals surface area contributed by atoms with Crippen LogP contribution in [-0.4, -0.2) is 27.2 Å². The summed E-state index contributed by atoms with van der Waals surface area (Å²) in [7, 11) is 1.53. The van der Waals surface area contributed by atoms with Crippen molar-refractivity contribution in [2.45, 2.75) is 33.1 Å². The lowest BCUT2D eigenvalue weighted by Gasteiger charge is -2.17. The number of aromatic nitrogens is 2. The van der Waals surface area contributed by atoms with Crippen LogP contribution in [0, 0.1) is 6.92 Å². The Labute approximate surface area is 176 Å². The number of carbonyl (C=O) groups excluding carboxylic acids is 2. The Morgan fingerprint density at radius 2 is 1.90 bits per heavy atom. The molecule has 3 rings (SSSR count). The Balaban J connectivity index is 2.05. The van der Waals surface area contributed by atoms with Gasteiger partial charge >= 0.3 is 0 Å². The van der Waals surface area contributed by atoms with Gasteiger partial charge in [-0.15, -0.1) is 5.10 Å². The fraction of sp³-hybridized carbons (Fsp3) is 0.316. The van der Waals surface area contributed by atoms with Crippen LogP contribution in [-0.2, 0) is 16.6 Å². The number of carbonyl (C=O) groups is 2. The van der Waals surface area contributed by atoms with E-state index in [4.69, 9.17) is 27.9 Å². The molecule has 8 nitrogen and oxygen atoms in total. The third-order valence-electron chi connectivity index (χ3n) is 4.45. The monoisotopic (exact) mass is 436 g/mol. The summed E-state index contributed by atoms with van der Waals surface area (Å²) >= 11 is 12.8. The lowest BCUT2D eigenvalue weighted by atomic mass is 9.98. The largest absolute Gasteiger partial charge is 0.434 e. The minimum Gasteiger partial charge on any atom is -0.434 e. The molecular formula is C19H18Cl2N4O4. The van der Waals surface area contributed by atoms with E-state index in [0.29, 0.717) is 16.7 Å². The van der Waals surface area contributed by atoms with Crippen molar-refractivity contribution in [2.75, 3.05) is 0 Å². The van der Waals surface area contributed by atoms with Crippen molar-refractivity contribution < 1.29 is 14.3 Å². The van der Waals surface area contributed by atoms with E-state index in [1.165, 1.54) is 17.8 Å². The normalized spacial score (nSPS) is 14.1. The minimum absolute atomic E-state index is 0.0281. The predicted molar refractivity (Wildman–Crippen MR) is 109 cm³/mol. The summed E-state index contributed by atoms with van der Waals surface area (Å²) in [5.41, 5.74) is 3.57. The van der Waals surface area contributed by atoms with Crippen LogP contribution < -0.4 is 15.7 Å². The number of rotatable bonds is 4. The zero-order valence-corrected chi connectivity index (χ0v) is 17.7. The Hall–Kier alpha value is -2.71. The van der Waals surface area contributed by atoms with Crippen molar-refractivity contribution in [1.29, 1.82) is 0 Å². The van der Waals surface area contributed by atoms with Gasteiger partial charge in [0.1, 0.15) is 5.71 Å². The van der Waals surface area contributed by atoms with E-state index in [2.05, 4.69) is 15.6 Å². The smallest absolute Gasteiger partial charge is 0.270 e. The molecule has 152 valence electrons. The van der Waals surface area contributed by atoms with E-state index < -0.39 is 11.7 Å². The molecule has 1 aromatic heterocycles. The van der Waals surface area contributed by atoms with Crippen molar-refractivity contribution in [3.05, 3.63) is 49.2 Å². The van der Waals surface area contributed by atoms with Crippen LogP contribution in [0.25, 0.3) is 0 Å². The van der Waals surface area contributed by atoms with E-state index in [9.17, 15) is 14.4 Å². The molecule has 0 unspecified atom stereocenters. The van der Waals surface area contributed by atoms with Crippen LogP contribution in [0.2, 0.25) is 10.0 Å². The summed E-state index contributed by atoms with van der Waals surface area (Å²) in [6.45, 7) is 5.46. The molecule has 0 aliphatic carbocycles. The minimum atomic E-state index is -0.477. The molecule has 1 N–H and O–H groups in total. The number of ether oxygens (including phenoxy) is 1. The number of halogens is 2. The van der Waals surface area contributed by atoms with Crippen LogP contribution in [0.3, 0.4) is 0 Å². The summed E-state index contributed by atoms with van der Waals surface area (Å²) in [6.07, 6.45) is -0.300. The molecule has 1 aliphatic rings. The Morgan fingerprint density at radius 1 is 1.21 bits per heavy atom. The number of nitrogens with zero attached hydrogens (tertiary/aromatic N) is 3. The van der Waals surface area contributed by atoms with Gasteiger partial charge in [0, 0.05) is 24.2 Å². The maximum absolute atomic E-state index is 12.2. The van der Waals surface area contributed by atoms with Gasteiger partial charge in [-0.25, -0.2) is 10.1 Å². The van der Waals surface area contributed by atoms with E-state index in [1.807, 2.05) is 13.8 Å². The second kappa shape index (κ2) is 7.96. The number of benzene rings is 1. The van der Waals surface area contributed by atoms with Crippen LogP contribution in [0.5, 0.6) is 11.6 Å². The zero-order chi connectivity index (χ0) is 21.5. The highest BCUT2D eigenvalue weighted by atomic mass is 35.5. The Kier molecular flexibility index (Phi) is 5.77. The maximum atomic E-state index is 12.2. The second-order valence-corrected chi connectivity index (χ2v) is 7.68. The van der Waals surface area contributed by atoms with Gasteiger partial charge in [-0.3, -0.25) is 14.4 Å². The van der Waals surface area contributed by atoms with E-state index in [0.717, 1.165) is 0 Å². The molecule has 29 heavy (non-hydrogen) atoms. The van der Waals surface area contributed by atoms with Gasteiger partial charge in [-0.2, -0.15) is 5.10 Å². The number of amides is 1. The van der Waals surface area contributed by atoms with Crippen LogP contribution in [0.1, 0.15) is 42.9 Å². The summed E-state index contributed by atoms with van der Waals surface area (Å²) in [5, 5.41) is 8.22. The molecule has 0 spiro atoms. The highest BCUT2D eigenvalue weighted by molar-refractivity contribution is 6.50. The summed E-state index contributed by atoms with van der Waals surface area (Å²) in [4.78, 5) is 35.7. The van der Waals surface area contributed by atoms with Crippen molar-refractivity contribution in [3.63, 3.8) is 0 Å². The number of nitrogens with one attached hydrogen (secondary N) is 1. The van der Waals surface area contributed by atoms with Gasteiger partial charge in [0.05, 0.1) is 16.5 Å². The van der Waals surface area contributed by atoms with Crippen molar-refractivity contribution >= 4 is 40.6 Å². The molecule has 0 radical (unpaired) electrons. The quantitative estimate of drug-likeness (QED) is 0.741. The van der Waals surface area contributed by atoms with Gasteiger partial charge in [0.2, 0.25) is 11.8 Å². The number of hydrogen-bond acceptors (Lipinski definition) is 6. The van der Waals surface area contributed by atoms with Gasteiger partial charge < -0.3 is 4.74 Å². The van der Waals surface area contributed by atoms with Crippen LogP contribution in [0.4, 0.5) is 0 Å². The number of aryl methyl sites for hydroxylation is 1. The number of ketones is 1. The molecule has 1 amide bonds. The first-order chi connectivity index (χ1) is 13.6. The predicted octanol–water partition coefficient (Wildman–Crippen LogP) is 3.10. The lowest BCUT2D eigenvalue weighted by molar-refractivity contribution is -0.126. The highest BCUT2D eigenvalue weighted by Crippen LogP contribution is 2.40. The molecule has 1 aromatic carbocycles. The first-order valence-electron chi connectivity index (χ1n) is 8.75. The van der Waals surface area contributed by atoms with E-state index in [1.54, 1.807) is 13.0 Å². The number of Topliss-reactive ketones (excluding diaryl/α,β-unsaturated/α-hetero) is 1. The second-order valence-electron chi connectivity index (χ2n) is 6.89. The lowest BCUT2D eigenvalue weighted by Crippen LogP contribution is -2.34. The van der Waals surface area contributed by atoms with Crippen molar-refractivity contribution in [1.82, 2.24) is 15.2 Å². The third-order valence-corrected chi connectivity index (χ3v) is 5.19. The topological polar surface area (TPSA) is 103 Å². The summed E-state index contributed by atoms with van der Waals surface area (Å²) in [5.74, 6) is -0.637. The van der Waals surface area contributed by atoms with E-state index >= 15 is 0 Å². The fourth-order valence-electron chi connectivity index (χ4n) is 2.87. The molecule has 1 aliphatic heterocycles. The molecule has 0 fully saturated rings. The standard InChI is InChI=1S/C19H18Cl2N4O4/c1-8(2)10-6-15(24-25(4)19(10)28)29-18-12(20)5-11(9(3)16(18)21)17-13(26)7-14(27)22-23-17/h5-6,8H,7H2,1-4H3,(H,22,27). The molecule has 0 bridgehead atoms. The molecule has 0 saturated carbocycles. The molecule has 2 aromatic rings. The van der Waals surface area contributed by atoms with Gasteiger partial charge in [-0.1, -0.05) is 37.0 Å². The first-order valence-corrected chi connectivity index (χ1v) is 9.50. The number of hydrazone groups is 1. The maximum Gasteiger partial charge on any atom is 0.270 e. The van der Waals surface area contributed by atoms with Crippen LogP contribution in [0.15, 0.2) is 22.0 Å². The molecular weight excluding hydrogens is 419 g/mol.